The third kappa shape index (κ3) is 5.16. The van der Waals surface area contributed by atoms with Crippen molar-refractivity contribution in [3.63, 3.8) is 0 Å². The minimum Gasteiger partial charge on any atom is -0.478 e. The van der Waals surface area contributed by atoms with Crippen molar-refractivity contribution >= 4 is 5.97 Å². The average Bonchev–Trinajstić information content (AvgIpc) is 3.32. The van der Waals surface area contributed by atoms with Crippen LogP contribution in [0.3, 0.4) is 0 Å². The lowest BCUT2D eigenvalue weighted by atomic mass is 9.97. The molecule has 0 saturated carbocycles. The van der Waals surface area contributed by atoms with Crippen LogP contribution in [0.25, 0.3) is 33.7 Å². The van der Waals surface area contributed by atoms with Crippen molar-refractivity contribution in [1.82, 2.24) is 5.16 Å². The van der Waals surface area contributed by atoms with E-state index in [0.717, 1.165) is 28.3 Å². The molecular formula is C26H22FNO5. The fourth-order valence-corrected chi connectivity index (χ4v) is 3.45. The largest absolute Gasteiger partial charge is 0.478 e. The lowest BCUT2D eigenvalue weighted by Crippen LogP contribution is -2.01. The molecule has 0 fully saturated rings. The molecule has 1 heterocycles. The second-order valence-corrected chi connectivity index (χ2v) is 7.27. The molecular weight excluding hydrogens is 425 g/mol. The first-order valence-corrected chi connectivity index (χ1v) is 10.4. The van der Waals surface area contributed by atoms with Crippen LogP contribution < -0.4 is 0 Å². The van der Waals surface area contributed by atoms with Crippen LogP contribution in [0, 0.1) is 5.82 Å². The number of carboxylic acids is 1. The standard InChI is InChI=1S/C26H22FNO5/c1-2-31-16-32-15-20-12-19(9-10-21(20)17-6-4-3-5-7-17)25-14-24(28-33-25)18-8-11-22(26(29)30)23(27)13-18/h3-14H,2,15-16H2,1H3,(H,29,30). The molecule has 1 N–H and O–H groups in total. The Morgan fingerprint density at radius 3 is 2.48 bits per heavy atom. The number of benzene rings is 3. The van der Waals surface area contributed by atoms with Gasteiger partial charge in [0, 0.05) is 23.8 Å². The summed E-state index contributed by atoms with van der Waals surface area (Å²) in [5.74, 6) is -1.65. The normalized spacial score (nSPS) is 11.0. The fraction of sp³-hybridized carbons (Fsp3) is 0.154. The molecule has 7 heteroatoms. The van der Waals surface area contributed by atoms with Gasteiger partial charge in [0.05, 0.1) is 12.2 Å². The van der Waals surface area contributed by atoms with E-state index in [1.807, 2.05) is 55.5 Å². The van der Waals surface area contributed by atoms with Crippen LogP contribution in [0.1, 0.15) is 22.8 Å². The molecule has 0 bridgehead atoms. The van der Waals surface area contributed by atoms with E-state index >= 15 is 0 Å². The van der Waals surface area contributed by atoms with Crippen molar-refractivity contribution in [1.29, 1.82) is 0 Å². The predicted molar refractivity (Wildman–Crippen MR) is 121 cm³/mol. The molecule has 0 aliphatic carbocycles. The van der Waals surface area contributed by atoms with Gasteiger partial charge >= 0.3 is 5.97 Å². The Kier molecular flexibility index (Phi) is 6.92. The summed E-state index contributed by atoms with van der Waals surface area (Å²) >= 11 is 0. The topological polar surface area (TPSA) is 81.8 Å². The number of rotatable bonds is 9. The molecule has 0 spiro atoms. The second-order valence-electron chi connectivity index (χ2n) is 7.27. The van der Waals surface area contributed by atoms with E-state index in [-0.39, 0.29) is 6.79 Å². The van der Waals surface area contributed by atoms with E-state index < -0.39 is 17.3 Å². The van der Waals surface area contributed by atoms with Crippen molar-refractivity contribution in [2.45, 2.75) is 13.5 Å². The van der Waals surface area contributed by atoms with Crippen LogP contribution in [0.5, 0.6) is 0 Å². The Balaban J connectivity index is 1.64. The van der Waals surface area contributed by atoms with Crippen LogP contribution >= 0.6 is 0 Å². The summed E-state index contributed by atoms with van der Waals surface area (Å²) in [5.41, 5.74) is 4.26. The summed E-state index contributed by atoms with van der Waals surface area (Å²) in [6.07, 6.45) is 0. The number of halogens is 1. The summed E-state index contributed by atoms with van der Waals surface area (Å²) in [6, 6.07) is 21.4. The van der Waals surface area contributed by atoms with E-state index in [2.05, 4.69) is 5.16 Å². The first kappa shape index (κ1) is 22.4. The summed E-state index contributed by atoms with van der Waals surface area (Å²) in [6.45, 7) is 3.02. The number of aromatic nitrogens is 1. The monoisotopic (exact) mass is 447 g/mol. The molecule has 0 aliphatic rings. The van der Waals surface area contributed by atoms with E-state index in [0.29, 0.717) is 30.2 Å². The average molecular weight is 447 g/mol. The SMILES string of the molecule is CCOCOCc1cc(-c2cc(-c3ccc(C(=O)O)c(F)c3)no2)ccc1-c1ccccc1. The van der Waals surface area contributed by atoms with Gasteiger partial charge in [0.1, 0.15) is 18.3 Å². The van der Waals surface area contributed by atoms with Crippen LogP contribution in [-0.2, 0) is 16.1 Å². The first-order valence-electron chi connectivity index (χ1n) is 10.4. The van der Waals surface area contributed by atoms with Gasteiger partial charge < -0.3 is 19.1 Å². The van der Waals surface area contributed by atoms with Gasteiger partial charge in [-0.05, 0) is 41.8 Å². The van der Waals surface area contributed by atoms with Gasteiger partial charge in [-0.1, -0.05) is 53.7 Å². The van der Waals surface area contributed by atoms with Crippen LogP contribution in [-0.4, -0.2) is 29.6 Å². The fourth-order valence-electron chi connectivity index (χ4n) is 3.45. The maximum Gasteiger partial charge on any atom is 0.338 e. The molecule has 4 rings (SSSR count). The number of ether oxygens (including phenoxy) is 2. The van der Waals surface area contributed by atoms with Gasteiger partial charge in [-0.3, -0.25) is 0 Å². The Labute approximate surface area is 190 Å². The molecule has 0 unspecified atom stereocenters. The van der Waals surface area contributed by atoms with E-state index in [1.54, 1.807) is 6.07 Å². The van der Waals surface area contributed by atoms with E-state index in [9.17, 15) is 9.18 Å². The third-order valence-electron chi connectivity index (χ3n) is 5.11. The minimum atomic E-state index is -1.32. The van der Waals surface area contributed by atoms with Crippen molar-refractivity contribution in [3.8, 4) is 33.7 Å². The Morgan fingerprint density at radius 2 is 1.76 bits per heavy atom. The van der Waals surface area contributed by atoms with Gasteiger partial charge in [-0.15, -0.1) is 0 Å². The van der Waals surface area contributed by atoms with Crippen LogP contribution in [0.4, 0.5) is 4.39 Å². The lowest BCUT2D eigenvalue weighted by Gasteiger charge is -2.12. The Hall–Kier alpha value is -3.81. The smallest absolute Gasteiger partial charge is 0.338 e. The number of carbonyl (C=O) groups is 1. The van der Waals surface area contributed by atoms with Crippen LogP contribution in [0.15, 0.2) is 77.3 Å². The highest BCUT2D eigenvalue weighted by atomic mass is 19.1. The number of carboxylic acid groups (broad SMARTS) is 1. The highest BCUT2D eigenvalue weighted by Gasteiger charge is 2.15. The molecule has 0 atom stereocenters. The van der Waals surface area contributed by atoms with Gasteiger partial charge in [0.25, 0.3) is 0 Å². The van der Waals surface area contributed by atoms with Gasteiger partial charge in [-0.2, -0.15) is 0 Å². The van der Waals surface area contributed by atoms with Crippen molar-refractivity contribution in [2.24, 2.45) is 0 Å². The van der Waals surface area contributed by atoms with Gasteiger partial charge in [0.2, 0.25) is 0 Å². The molecule has 1 aromatic heterocycles. The highest BCUT2D eigenvalue weighted by molar-refractivity contribution is 5.88. The lowest BCUT2D eigenvalue weighted by molar-refractivity contribution is -0.0570. The quantitative estimate of drug-likeness (QED) is 0.249. The number of nitrogens with zero attached hydrogens (tertiary/aromatic N) is 1. The number of hydrogen-bond acceptors (Lipinski definition) is 5. The minimum absolute atomic E-state index is 0.194. The molecule has 0 saturated heterocycles. The second kappa shape index (κ2) is 10.2. The number of hydrogen-bond donors (Lipinski definition) is 1. The molecule has 4 aromatic rings. The molecule has 168 valence electrons. The Morgan fingerprint density at radius 1 is 0.970 bits per heavy atom. The first-order chi connectivity index (χ1) is 16.1. The zero-order valence-corrected chi connectivity index (χ0v) is 18.0. The maximum atomic E-state index is 14.1. The van der Waals surface area contributed by atoms with Gasteiger partial charge in [-0.25, -0.2) is 9.18 Å². The molecule has 6 nitrogen and oxygen atoms in total. The Bertz CT molecular complexity index is 1250. The van der Waals surface area contributed by atoms with Gasteiger partial charge in [0.15, 0.2) is 5.76 Å². The third-order valence-corrected chi connectivity index (χ3v) is 5.11. The zero-order valence-electron chi connectivity index (χ0n) is 18.0. The molecule has 3 aromatic carbocycles. The van der Waals surface area contributed by atoms with E-state index in [4.69, 9.17) is 19.1 Å². The predicted octanol–water partition coefficient (Wildman–Crippen LogP) is 6.02. The highest BCUT2D eigenvalue weighted by Crippen LogP contribution is 2.32. The summed E-state index contributed by atoms with van der Waals surface area (Å²) < 4.78 is 30.6. The number of aromatic carboxylic acids is 1. The van der Waals surface area contributed by atoms with Crippen molar-refractivity contribution in [2.75, 3.05) is 13.4 Å². The maximum absolute atomic E-state index is 14.1. The van der Waals surface area contributed by atoms with Crippen molar-refractivity contribution < 1.29 is 28.3 Å². The summed E-state index contributed by atoms with van der Waals surface area (Å²) in [4.78, 5) is 11.0. The molecule has 33 heavy (non-hydrogen) atoms. The molecule has 0 aliphatic heterocycles. The molecule has 0 radical (unpaired) electrons. The zero-order chi connectivity index (χ0) is 23.2. The summed E-state index contributed by atoms with van der Waals surface area (Å²) in [5, 5.41) is 13.0. The van der Waals surface area contributed by atoms with Crippen LogP contribution in [0.2, 0.25) is 0 Å². The molecule has 0 amide bonds. The van der Waals surface area contributed by atoms with Crippen molar-refractivity contribution in [3.05, 3.63) is 89.7 Å². The van der Waals surface area contributed by atoms with E-state index in [1.165, 1.54) is 12.1 Å². The summed E-state index contributed by atoms with van der Waals surface area (Å²) in [7, 11) is 0.